The van der Waals surface area contributed by atoms with Crippen LogP contribution in [0.4, 0.5) is 0 Å². The summed E-state index contributed by atoms with van der Waals surface area (Å²) in [5.41, 5.74) is 3.86. The molecule has 3 aromatic rings. The van der Waals surface area contributed by atoms with E-state index in [4.69, 9.17) is 0 Å². The monoisotopic (exact) mass is 262 g/mol. The van der Waals surface area contributed by atoms with Crippen molar-refractivity contribution in [3.8, 4) is 16.8 Å². The number of rotatable bonds is 3. The lowest BCUT2D eigenvalue weighted by atomic mass is 10.1. The third-order valence-corrected chi connectivity index (χ3v) is 3.23. The molecule has 0 fully saturated rings. The van der Waals surface area contributed by atoms with Gasteiger partial charge in [-0.3, -0.25) is 4.79 Å². The highest BCUT2D eigenvalue weighted by molar-refractivity contribution is 5.94. The first-order chi connectivity index (χ1) is 9.74. The molecule has 3 heteroatoms. The third kappa shape index (κ3) is 2.38. The van der Waals surface area contributed by atoms with Crippen LogP contribution in [0.1, 0.15) is 17.3 Å². The van der Waals surface area contributed by atoms with Gasteiger partial charge in [0.05, 0.1) is 11.9 Å². The second kappa shape index (κ2) is 5.13. The number of carbonyl (C=O) groups is 1. The molecule has 0 aliphatic carbocycles. The fourth-order valence-electron chi connectivity index (χ4n) is 2.09. The molecule has 3 rings (SSSR count). The van der Waals surface area contributed by atoms with Crippen LogP contribution in [-0.4, -0.2) is 15.6 Å². The van der Waals surface area contributed by atoms with E-state index in [0.29, 0.717) is 5.56 Å². The summed E-state index contributed by atoms with van der Waals surface area (Å²) in [6.45, 7) is 1.57. The van der Waals surface area contributed by atoms with Crippen LogP contribution in [0.15, 0.2) is 67.0 Å². The van der Waals surface area contributed by atoms with E-state index in [1.54, 1.807) is 6.92 Å². The van der Waals surface area contributed by atoms with Crippen molar-refractivity contribution in [2.45, 2.75) is 6.92 Å². The summed E-state index contributed by atoms with van der Waals surface area (Å²) in [4.78, 5) is 11.3. The molecule has 1 aromatic heterocycles. The first-order valence-corrected chi connectivity index (χ1v) is 6.45. The number of nitrogens with zero attached hydrogens (tertiary/aromatic N) is 2. The lowest BCUT2D eigenvalue weighted by Gasteiger charge is -2.02. The van der Waals surface area contributed by atoms with Gasteiger partial charge < -0.3 is 0 Å². The minimum atomic E-state index is 0.0713. The minimum absolute atomic E-state index is 0.0713. The molecule has 0 aliphatic heterocycles. The van der Waals surface area contributed by atoms with Crippen LogP contribution in [0.5, 0.6) is 0 Å². The molecule has 98 valence electrons. The van der Waals surface area contributed by atoms with Crippen LogP contribution >= 0.6 is 0 Å². The second-order valence-electron chi connectivity index (χ2n) is 4.64. The molecule has 0 aliphatic rings. The Hall–Kier alpha value is -2.68. The van der Waals surface area contributed by atoms with E-state index < -0.39 is 0 Å². The third-order valence-electron chi connectivity index (χ3n) is 3.23. The number of carbonyl (C=O) groups excluding carboxylic acids is 1. The van der Waals surface area contributed by atoms with E-state index in [1.807, 2.05) is 59.5 Å². The standard InChI is InChI=1S/C17H14N2O/c1-13(20)14-7-9-17(10-8-14)19-12-16(11-18-19)15-5-3-2-4-6-15/h2-12H,1H3. The zero-order valence-corrected chi connectivity index (χ0v) is 11.2. The summed E-state index contributed by atoms with van der Waals surface area (Å²) >= 11 is 0. The van der Waals surface area contributed by atoms with Crippen molar-refractivity contribution in [2.75, 3.05) is 0 Å². The van der Waals surface area contributed by atoms with Gasteiger partial charge in [0.25, 0.3) is 0 Å². The summed E-state index contributed by atoms with van der Waals surface area (Å²) in [5, 5.41) is 4.37. The van der Waals surface area contributed by atoms with Crippen molar-refractivity contribution in [3.05, 3.63) is 72.6 Å². The van der Waals surface area contributed by atoms with E-state index in [1.165, 1.54) is 0 Å². The molecule has 0 saturated heterocycles. The van der Waals surface area contributed by atoms with Crippen LogP contribution in [0, 0.1) is 0 Å². The van der Waals surface area contributed by atoms with Crippen LogP contribution in [0.3, 0.4) is 0 Å². The number of ketones is 1. The molecule has 0 spiro atoms. The maximum Gasteiger partial charge on any atom is 0.159 e. The average Bonchev–Trinajstić information content (AvgIpc) is 2.98. The molecule has 0 amide bonds. The largest absolute Gasteiger partial charge is 0.295 e. The van der Waals surface area contributed by atoms with Crippen molar-refractivity contribution in [1.82, 2.24) is 9.78 Å². The predicted molar refractivity (Wildman–Crippen MR) is 79.0 cm³/mol. The number of hydrogen-bond acceptors (Lipinski definition) is 2. The molecule has 2 aromatic carbocycles. The molecule has 0 atom stereocenters. The minimum Gasteiger partial charge on any atom is -0.295 e. The molecule has 0 bridgehead atoms. The van der Waals surface area contributed by atoms with E-state index >= 15 is 0 Å². The molecule has 20 heavy (non-hydrogen) atoms. The van der Waals surface area contributed by atoms with E-state index in [-0.39, 0.29) is 5.78 Å². The number of hydrogen-bond donors (Lipinski definition) is 0. The molecule has 0 N–H and O–H groups in total. The highest BCUT2D eigenvalue weighted by Gasteiger charge is 2.04. The van der Waals surface area contributed by atoms with E-state index in [0.717, 1.165) is 16.8 Å². The first-order valence-electron chi connectivity index (χ1n) is 6.45. The van der Waals surface area contributed by atoms with E-state index in [2.05, 4.69) is 17.2 Å². The Labute approximate surface area is 117 Å². The smallest absolute Gasteiger partial charge is 0.159 e. The number of aromatic nitrogens is 2. The van der Waals surface area contributed by atoms with Gasteiger partial charge in [-0.25, -0.2) is 4.68 Å². The SMILES string of the molecule is CC(=O)c1ccc(-n2cc(-c3ccccc3)cn2)cc1. The Balaban J connectivity index is 1.92. The summed E-state index contributed by atoms with van der Waals surface area (Å²) in [5.74, 6) is 0.0713. The lowest BCUT2D eigenvalue weighted by Crippen LogP contribution is -1.96. The summed E-state index contributed by atoms with van der Waals surface area (Å²) in [6.07, 6.45) is 3.83. The Kier molecular flexibility index (Phi) is 3.17. The van der Waals surface area contributed by atoms with Gasteiger partial charge in [0.15, 0.2) is 5.78 Å². The van der Waals surface area contributed by atoms with Crippen LogP contribution < -0.4 is 0 Å². The summed E-state index contributed by atoms with van der Waals surface area (Å²) in [6, 6.07) is 17.6. The summed E-state index contributed by atoms with van der Waals surface area (Å²) in [7, 11) is 0. The highest BCUT2D eigenvalue weighted by atomic mass is 16.1. The Morgan fingerprint density at radius 2 is 1.65 bits per heavy atom. The average molecular weight is 262 g/mol. The van der Waals surface area contributed by atoms with Gasteiger partial charge in [0.2, 0.25) is 0 Å². The topological polar surface area (TPSA) is 34.9 Å². The van der Waals surface area contributed by atoms with Gasteiger partial charge in [-0.2, -0.15) is 5.10 Å². The van der Waals surface area contributed by atoms with E-state index in [9.17, 15) is 4.79 Å². The van der Waals surface area contributed by atoms with Gasteiger partial charge >= 0.3 is 0 Å². The van der Waals surface area contributed by atoms with Crippen LogP contribution in [0.25, 0.3) is 16.8 Å². The molecule has 0 unspecified atom stereocenters. The van der Waals surface area contributed by atoms with Crippen molar-refractivity contribution in [3.63, 3.8) is 0 Å². The summed E-state index contributed by atoms with van der Waals surface area (Å²) < 4.78 is 1.81. The maximum atomic E-state index is 11.3. The molecule has 1 heterocycles. The molecule has 0 saturated carbocycles. The van der Waals surface area contributed by atoms with Gasteiger partial charge in [0, 0.05) is 17.3 Å². The van der Waals surface area contributed by atoms with Gasteiger partial charge in [-0.05, 0) is 36.8 Å². The van der Waals surface area contributed by atoms with Crippen molar-refractivity contribution < 1.29 is 4.79 Å². The predicted octanol–water partition coefficient (Wildman–Crippen LogP) is 3.74. The fraction of sp³-hybridized carbons (Fsp3) is 0.0588. The van der Waals surface area contributed by atoms with Crippen molar-refractivity contribution in [1.29, 1.82) is 0 Å². The highest BCUT2D eigenvalue weighted by Crippen LogP contribution is 2.19. The molecular weight excluding hydrogens is 248 g/mol. The van der Waals surface area contributed by atoms with Crippen LogP contribution in [-0.2, 0) is 0 Å². The first kappa shape index (κ1) is 12.4. The number of benzene rings is 2. The molecular formula is C17H14N2O. The Morgan fingerprint density at radius 3 is 2.30 bits per heavy atom. The zero-order valence-electron chi connectivity index (χ0n) is 11.2. The Morgan fingerprint density at radius 1 is 0.950 bits per heavy atom. The zero-order chi connectivity index (χ0) is 13.9. The molecule has 0 radical (unpaired) electrons. The van der Waals surface area contributed by atoms with Gasteiger partial charge in [-0.1, -0.05) is 30.3 Å². The number of Topliss-reactive ketones (excluding diaryl/α,β-unsaturated/α-hetero) is 1. The van der Waals surface area contributed by atoms with Gasteiger partial charge in [0.1, 0.15) is 0 Å². The van der Waals surface area contributed by atoms with Crippen LogP contribution in [0.2, 0.25) is 0 Å². The van der Waals surface area contributed by atoms with Crippen molar-refractivity contribution >= 4 is 5.78 Å². The molecule has 3 nitrogen and oxygen atoms in total. The fourth-order valence-corrected chi connectivity index (χ4v) is 2.09. The second-order valence-corrected chi connectivity index (χ2v) is 4.64. The Bertz CT molecular complexity index is 727. The van der Waals surface area contributed by atoms with Gasteiger partial charge in [-0.15, -0.1) is 0 Å². The lowest BCUT2D eigenvalue weighted by molar-refractivity contribution is 0.101. The van der Waals surface area contributed by atoms with Crippen molar-refractivity contribution in [2.24, 2.45) is 0 Å². The normalized spacial score (nSPS) is 10.4. The maximum absolute atomic E-state index is 11.3. The quantitative estimate of drug-likeness (QED) is 0.674.